The van der Waals surface area contributed by atoms with Crippen molar-refractivity contribution in [3.8, 4) is 0 Å². The highest BCUT2D eigenvalue weighted by Crippen LogP contribution is 2.21. The molecule has 6 nitrogen and oxygen atoms in total. The summed E-state index contributed by atoms with van der Waals surface area (Å²) in [6.07, 6.45) is 3.46. The smallest absolute Gasteiger partial charge is 0.246 e. The molecule has 0 saturated carbocycles. The number of nitrogens with one attached hydrogen (secondary N) is 1. The van der Waals surface area contributed by atoms with Crippen molar-refractivity contribution in [1.82, 2.24) is 14.7 Å². The van der Waals surface area contributed by atoms with E-state index in [2.05, 4.69) is 23.1 Å². The van der Waals surface area contributed by atoms with E-state index in [1.807, 2.05) is 32.2 Å². The second-order valence-electron chi connectivity index (χ2n) is 6.50. The molecule has 1 saturated heterocycles. The third kappa shape index (κ3) is 3.96. The predicted molar refractivity (Wildman–Crippen MR) is 96.3 cm³/mol. The number of carbonyl (C=O) groups excluding carboxylic acids is 2. The van der Waals surface area contributed by atoms with Crippen LogP contribution in [0.3, 0.4) is 0 Å². The Morgan fingerprint density at radius 1 is 1.28 bits per heavy atom. The van der Waals surface area contributed by atoms with Crippen molar-refractivity contribution in [1.29, 1.82) is 0 Å². The summed E-state index contributed by atoms with van der Waals surface area (Å²) >= 11 is 0. The summed E-state index contributed by atoms with van der Waals surface area (Å²) in [6, 6.07) is 8.04. The summed E-state index contributed by atoms with van der Waals surface area (Å²) in [7, 11) is 0. The van der Waals surface area contributed by atoms with Crippen molar-refractivity contribution < 1.29 is 9.59 Å². The fraction of sp³-hybridized carbons (Fsp3) is 0.316. The number of nitrogens with zero attached hydrogens (tertiary/aromatic N) is 3. The van der Waals surface area contributed by atoms with Gasteiger partial charge in [-0.2, -0.15) is 5.10 Å². The highest BCUT2D eigenvalue weighted by Gasteiger charge is 2.31. The molecular weight excluding hydrogens is 316 g/mol. The third-order valence-electron chi connectivity index (χ3n) is 4.24. The SMILES string of the molecule is C=CC(=O)N1CC(n2ccc(NC(=O)Cc3cc(C)cc(C)c3)n2)C1. The van der Waals surface area contributed by atoms with Gasteiger partial charge in [0.1, 0.15) is 0 Å². The minimum absolute atomic E-state index is 0.0645. The molecule has 1 aliphatic rings. The zero-order valence-corrected chi connectivity index (χ0v) is 14.5. The third-order valence-corrected chi connectivity index (χ3v) is 4.24. The molecule has 25 heavy (non-hydrogen) atoms. The fourth-order valence-electron chi connectivity index (χ4n) is 3.08. The fourth-order valence-corrected chi connectivity index (χ4v) is 3.08. The summed E-state index contributed by atoms with van der Waals surface area (Å²) in [5, 5.41) is 7.22. The number of hydrogen-bond donors (Lipinski definition) is 1. The monoisotopic (exact) mass is 338 g/mol. The molecule has 3 rings (SSSR count). The molecule has 1 fully saturated rings. The van der Waals surface area contributed by atoms with Gasteiger partial charge in [0.2, 0.25) is 11.8 Å². The van der Waals surface area contributed by atoms with E-state index in [9.17, 15) is 9.59 Å². The Morgan fingerprint density at radius 3 is 2.60 bits per heavy atom. The van der Waals surface area contributed by atoms with Crippen LogP contribution in [0.2, 0.25) is 0 Å². The number of hydrogen-bond acceptors (Lipinski definition) is 3. The molecule has 0 unspecified atom stereocenters. The average Bonchev–Trinajstić information content (AvgIpc) is 2.92. The van der Waals surface area contributed by atoms with Crippen LogP contribution < -0.4 is 5.32 Å². The standard InChI is InChI=1S/C19H22N4O2/c1-4-19(25)22-11-16(12-22)23-6-5-17(21-23)20-18(24)10-15-8-13(2)7-14(3)9-15/h4-9,16H,1,10-12H2,2-3H3,(H,20,21,24). The van der Waals surface area contributed by atoms with Crippen LogP contribution in [0.1, 0.15) is 22.7 Å². The number of anilines is 1. The van der Waals surface area contributed by atoms with E-state index < -0.39 is 0 Å². The van der Waals surface area contributed by atoms with Crippen LogP contribution in [0.25, 0.3) is 0 Å². The Morgan fingerprint density at radius 2 is 1.96 bits per heavy atom. The summed E-state index contributed by atoms with van der Waals surface area (Å²) in [5.41, 5.74) is 3.29. The molecule has 130 valence electrons. The summed E-state index contributed by atoms with van der Waals surface area (Å²) in [4.78, 5) is 25.4. The van der Waals surface area contributed by atoms with E-state index in [4.69, 9.17) is 0 Å². The zero-order valence-electron chi connectivity index (χ0n) is 14.5. The molecule has 0 aliphatic carbocycles. The summed E-state index contributed by atoms with van der Waals surface area (Å²) < 4.78 is 1.79. The first-order valence-electron chi connectivity index (χ1n) is 8.28. The van der Waals surface area contributed by atoms with Crippen LogP contribution >= 0.6 is 0 Å². The first-order valence-corrected chi connectivity index (χ1v) is 8.28. The van der Waals surface area contributed by atoms with Gasteiger partial charge in [-0.1, -0.05) is 35.9 Å². The van der Waals surface area contributed by atoms with Gasteiger partial charge in [0.25, 0.3) is 0 Å². The van der Waals surface area contributed by atoms with E-state index in [1.54, 1.807) is 15.6 Å². The van der Waals surface area contributed by atoms with Crippen LogP contribution in [-0.4, -0.2) is 39.6 Å². The van der Waals surface area contributed by atoms with Crippen LogP contribution in [0.5, 0.6) is 0 Å². The number of aromatic nitrogens is 2. The van der Waals surface area contributed by atoms with Crippen molar-refractivity contribution >= 4 is 17.6 Å². The van der Waals surface area contributed by atoms with Gasteiger partial charge in [-0.25, -0.2) is 0 Å². The van der Waals surface area contributed by atoms with Gasteiger partial charge in [-0.05, 0) is 25.5 Å². The topological polar surface area (TPSA) is 67.2 Å². The van der Waals surface area contributed by atoms with E-state index in [1.165, 1.54) is 6.08 Å². The van der Waals surface area contributed by atoms with Gasteiger partial charge in [-0.3, -0.25) is 14.3 Å². The van der Waals surface area contributed by atoms with Crippen molar-refractivity contribution in [2.45, 2.75) is 26.3 Å². The Balaban J connectivity index is 1.55. The van der Waals surface area contributed by atoms with Gasteiger partial charge < -0.3 is 10.2 Å². The van der Waals surface area contributed by atoms with Crippen LogP contribution in [0.4, 0.5) is 5.82 Å². The molecule has 1 aliphatic heterocycles. The first kappa shape index (κ1) is 17.0. The summed E-state index contributed by atoms with van der Waals surface area (Å²) in [6.45, 7) is 8.76. The van der Waals surface area contributed by atoms with Crippen molar-refractivity contribution in [2.24, 2.45) is 0 Å². The molecule has 0 radical (unpaired) electrons. The number of aryl methyl sites for hydroxylation is 2. The molecule has 0 bridgehead atoms. The first-order chi connectivity index (χ1) is 11.9. The number of benzene rings is 1. The molecule has 6 heteroatoms. The lowest BCUT2D eigenvalue weighted by Crippen LogP contribution is -2.50. The lowest BCUT2D eigenvalue weighted by atomic mass is 10.0. The lowest BCUT2D eigenvalue weighted by molar-refractivity contribution is -0.131. The number of likely N-dealkylation sites (tertiary alicyclic amines) is 1. The quantitative estimate of drug-likeness (QED) is 0.850. The second kappa shape index (κ2) is 6.93. The normalized spacial score (nSPS) is 14.1. The van der Waals surface area contributed by atoms with Crippen molar-refractivity contribution in [3.63, 3.8) is 0 Å². The minimum Gasteiger partial charge on any atom is -0.335 e. The van der Waals surface area contributed by atoms with Crippen molar-refractivity contribution in [3.05, 3.63) is 59.8 Å². The number of carbonyl (C=O) groups is 2. The lowest BCUT2D eigenvalue weighted by Gasteiger charge is -2.38. The van der Waals surface area contributed by atoms with Gasteiger partial charge in [-0.15, -0.1) is 0 Å². The number of rotatable bonds is 5. The van der Waals surface area contributed by atoms with E-state index >= 15 is 0 Å². The molecule has 0 spiro atoms. The van der Waals surface area contributed by atoms with Gasteiger partial charge in [0.15, 0.2) is 5.82 Å². The molecule has 0 atom stereocenters. The Bertz CT molecular complexity index is 798. The average molecular weight is 338 g/mol. The molecule has 2 heterocycles. The van der Waals surface area contributed by atoms with Crippen LogP contribution in [0, 0.1) is 13.8 Å². The maximum absolute atomic E-state index is 12.2. The Labute approximate surface area is 147 Å². The maximum Gasteiger partial charge on any atom is 0.246 e. The van der Waals surface area contributed by atoms with Gasteiger partial charge >= 0.3 is 0 Å². The molecule has 2 aromatic rings. The van der Waals surface area contributed by atoms with E-state index in [0.717, 1.165) is 16.7 Å². The van der Waals surface area contributed by atoms with Gasteiger partial charge in [0, 0.05) is 25.4 Å². The minimum atomic E-state index is -0.0904. The predicted octanol–water partition coefficient (Wildman–Crippen LogP) is 2.25. The molecule has 1 aromatic heterocycles. The molecule has 1 aromatic carbocycles. The van der Waals surface area contributed by atoms with E-state index in [-0.39, 0.29) is 17.9 Å². The van der Waals surface area contributed by atoms with E-state index in [0.29, 0.717) is 25.3 Å². The second-order valence-corrected chi connectivity index (χ2v) is 6.50. The Kier molecular flexibility index (Phi) is 4.70. The zero-order chi connectivity index (χ0) is 18.0. The molecular formula is C19H22N4O2. The largest absolute Gasteiger partial charge is 0.335 e. The van der Waals surface area contributed by atoms with Crippen LogP contribution in [-0.2, 0) is 16.0 Å². The molecule has 1 N–H and O–H groups in total. The number of amides is 2. The van der Waals surface area contributed by atoms with Crippen molar-refractivity contribution in [2.75, 3.05) is 18.4 Å². The van der Waals surface area contributed by atoms with Gasteiger partial charge in [0.05, 0.1) is 12.5 Å². The van der Waals surface area contributed by atoms with Crippen LogP contribution in [0.15, 0.2) is 43.1 Å². The highest BCUT2D eigenvalue weighted by molar-refractivity contribution is 5.91. The summed E-state index contributed by atoms with van der Waals surface area (Å²) in [5.74, 6) is 0.376. The Hall–Kier alpha value is -2.89. The maximum atomic E-state index is 12.2. The highest BCUT2D eigenvalue weighted by atomic mass is 16.2. The molecule has 2 amide bonds.